The van der Waals surface area contributed by atoms with Crippen LogP contribution in [0.5, 0.6) is 5.75 Å². The summed E-state index contributed by atoms with van der Waals surface area (Å²) in [5.74, 6) is 0.194. The van der Waals surface area contributed by atoms with Crippen LogP contribution < -0.4 is 10.1 Å². The number of hydrogen-bond donors (Lipinski definition) is 1. The fourth-order valence-electron chi connectivity index (χ4n) is 2.53. The molecule has 0 atom stereocenters. The Morgan fingerprint density at radius 3 is 2.55 bits per heavy atom. The van der Waals surface area contributed by atoms with E-state index in [4.69, 9.17) is 4.74 Å². The van der Waals surface area contributed by atoms with E-state index < -0.39 is 0 Å². The molecule has 1 fully saturated rings. The van der Waals surface area contributed by atoms with E-state index in [-0.39, 0.29) is 17.5 Å². The van der Waals surface area contributed by atoms with Crippen LogP contribution in [-0.4, -0.2) is 11.6 Å². The van der Waals surface area contributed by atoms with Gasteiger partial charge in [0.1, 0.15) is 0 Å². The third-order valence-electron chi connectivity index (χ3n) is 3.69. The lowest BCUT2D eigenvalue weighted by Crippen LogP contribution is -2.35. The lowest BCUT2D eigenvalue weighted by Gasteiger charge is -2.26. The van der Waals surface area contributed by atoms with Gasteiger partial charge in [0.25, 0.3) is 0 Å². The number of para-hydroxylation sites is 1. The van der Waals surface area contributed by atoms with Gasteiger partial charge in [-0.3, -0.25) is 0 Å². The molecule has 0 aromatic heterocycles. The van der Waals surface area contributed by atoms with Gasteiger partial charge in [-0.1, -0.05) is 18.6 Å². The van der Waals surface area contributed by atoms with Crippen molar-refractivity contribution in [2.24, 2.45) is 0 Å². The second-order valence-corrected chi connectivity index (χ2v) is 6.71. The van der Waals surface area contributed by atoms with E-state index in [1.165, 1.54) is 25.3 Å². The summed E-state index contributed by atoms with van der Waals surface area (Å²) < 4.78 is 20.0. The van der Waals surface area contributed by atoms with Gasteiger partial charge in [-0.15, -0.1) is 0 Å². The Labute approximate surface area is 121 Å². The first kappa shape index (κ1) is 15.3. The van der Waals surface area contributed by atoms with Gasteiger partial charge in [0, 0.05) is 17.6 Å². The molecule has 0 unspecified atom stereocenters. The number of halogens is 1. The summed E-state index contributed by atoms with van der Waals surface area (Å²) >= 11 is 0. The third-order valence-corrected chi connectivity index (χ3v) is 3.69. The minimum atomic E-state index is -0.246. The van der Waals surface area contributed by atoms with Crippen molar-refractivity contribution < 1.29 is 9.13 Å². The van der Waals surface area contributed by atoms with Gasteiger partial charge in [0.05, 0.1) is 6.10 Å². The molecule has 0 spiro atoms. The monoisotopic (exact) mass is 279 g/mol. The molecule has 0 bridgehead atoms. The van der Waals surface area contributed by atoms with Crippen LogP contribution in [0.3, 0.4) is 0 Å². The average molecular weight is 279 g/mol. The van der Waals surface area contributed by atoms with Crippen molar-refractivity contribution in [3.05, 3.63) is 29.6 Å². The van der Waals surface area contributed by atoms with Crippen LogP contribution in [0.1, 0.15) is 58.4 Å². The highest BCUT2D eigenvalue weighted by Crippen LogP contribution is 2.28. The van der Waals surface area contributed by atoms with Crippen LogP contribution in [-0.2, 0) is 6.54 Å². The fraction of sp³-hybridized carbons (Fsp3) is 0.647. The normalized spacial score (nSPS) is 17.2. The smallest absolute Gasteiger partial charge is 0.165 e. The third kappa shape index (κ3) is 4.48. The molecule has 1 N–H and O–H groups in total. The largest absolute Gasteiger partial charge is 0.487 e. The van der Waals surface area contributed by atoms with E-state index in [2.05, 4.69) is 26.1 Å². The molecule has 20 heavy (non-hydrogen) atoms. The van der Waals surface area contributed by atoms with E-state index in [1.807, 2.05) is 6.07 Å². The number of nitrogens with one attached hydrogen (secondary N) is 1. The van der Waals surface area contributed by atoms with Crippen molar-refractivity contribution in [3.63, 3.8) is 0 Å². The van der Waals surface area contributed by atoms with Crippen molar-refractivity contribution in [3.8, 4) is 5.75 Å². The fourth-order valence-corrected chi connectivity index (χ4v) is 2.53. The van der Waals surface area contributed by atoms with Gasteiger partial charge >= 0.3 is 0 Å². The Morgan fingerprint density at radius 2 is 1.90 bits per heavy atom. The maximum Gasteiger partial charge on any atom is 0.165 e. The van der Waals surface area contributed by atoms with E-state index in [9.17, 15) is 4.39 Å². The van der Waals surface area contributed by atoms with Crippen LogP contribution in [0.15, 0.2) is 18.2 Å². The van der Waals surface area contributed by atoms with Crippen LogP contribution in [0.2, 0.25) is 0 Å². The molecule has 1 aliphatic carbocycles. The summed E-state index contributed by atoms with van der Waals surface area (Å²) in [4.78, 5) is 0. The van der Waals surface area contributed by atoms with Gasteiger partial charge in [-0.2, -0.15) is 0 Å². The lowest BCUT2D eigenvalue weighted by molar-refractivity contribution is 0.146. The summed E-state index contributed by atoms with van der Waals surface area (Å²) in [6.07, 6.45) is 5.91. The Balaban J connectivity index is 2.09. The summed E-state index contributed by atoms with van der Waals surface area (Å²) in [5, 5.41) is 3.40. The number of ether oxygens (including phenoxy) is 1. The molecule has 0 saturated heterocycles. The summed E-state index contributed by atoms with van der Waals surface area (Å²) in [5.41, 5.74) is 0.916. The molecular formula is C17H26FNO. The zero-order valence-corrected chi connectivity index (χ0v) is 12.8. The van der Waals surface area contributed by atoms with Gasteiger partial charge < -0.3 is 10.1 Å². The van der Waals surface area contributed by atoms with Crippen LogP contribution in [0.4, 0.5) is 4.39 Å². The van der Waals surface area contributed by atoms with Crippen molar-refractivity contribution >= 4 is 0 Å². The molecule has 2 rings (SSSR count). The Morgan fingerprint density at radius 1 is 1.20 bits per heavy atom. The average Bonchev–Trinajstić information content (AvgIpc) is 2.40. The van der Waals surface area contributed by atoms with E-state index in [1.54, 1.807) is 6.07 Å². The molecule has 0 radical (unpaired) electrons. The number of hydrogen-bond acceptors (Lipinski definition) is 2. The molecule has 3 heteroatoms. The van der Waals surface area contributed by atoms with Crippen molar-refractivity contribution in [1.29, 1.82) is 0 Å². The highest BCUT2D eigenvalue weighted by molar-refractivity contribution is 5.35. The first-order chi connectivity index (χ1) is 9.46. The maximum absolute atomic E-state index is 14.1. The topological polar surface area (TPSA) is 21.3 Å². The molecule has 0 amide bonds. The van der Waals surface area contributed by atoms with Crippen molar-refractivity contribution in [2.75, 3.05) is 0 Å². The van der Waals surface area contributed by atoms with Gasteiger partial charge in [-0.05, 0) is 52.5 Å². The van der Waals surface area contributed by atoms with E-state index in [0.29, 0.717) is 12.3 Å². The maximum atomic E-state index is 14.1. The van der Waals surface area contributed by atoms with Gasteiger partial charge in [0.2, 0.25) is 0 Å². The summed E-state index contributed by atoms with van der Waals surface area (Å²) in [6.45, 7) is 6.94. The molecule has 1 aromatic rings. The summed E-state index contributed by atoms with van der Waals surface area (Å²) in [7, 11) is 0. The van der Waals surface area contributed by atoms with E-state index >= 15 is 0 Å². The molecule has 1 aromatic carbocycles. The summed E-state index contributed by atoms with van der Waals surface area (Å²) in [6, 6.07) is 5.18. The molecule has 112 valence electrons. The SMILES string of the molecule is CC(C)(C)NCc1cccc(F)c1OC1CCCCC1. The molecule has 2 nitrogen and oxygen atoms in total. The van der Waals surface area contributed by atoms with Gasteiger partial charge in [-0.25, -0.2) is 4.39 Å². The predicted octanol–water partition coefficient (Wildman–Crippen LogP) is 4.43. The lowest BCUT2D eigenvalue weighted by atomic mass is 9.97. The second kappa shape index (κ2) is 6.57. The zero-order chi connectivity index (χ0) is 14.6. The van der Waals surface area contributed by atoms with Crippen LogP contribution >= 0.6 is 0 Å². The zero-order valence-electron chi connectivity index (χ0n) is 12.8. The van der Waals surface area contributed by atoms with Gasteiger partial charge in [0.15, 0.2) is 11.6 Å². The van der Waals surface area contributed by atoms with Crippen molar-refractivity contribution in [2.45, 2.75) is 71.1 Å². The predicted molar refractivity (Wildman–Crippen MR) is 80.5 cm³/mol. The minimum Gasteiger partial charge on any atom is -0.487 e. The first-order valence-electron chi connectivity index (χ1n) is 7.65. The van der Waals surface area contributed by atoms with Crippen LogP contribution in [0, 0.1) is 5.82 Å². The highest BCUT2D eigenvalue weighted by Gasteiger charge is 2.19. The molecule has 1 saturated carbocycles. The Kier molecular flexibility index (Phi) is 5.03. The second-order valence-electron chi connectivity index (χ2n) is 6.71. The van der Waals surface area contributed by atoms with E-state index in [0.717, 1.165) is 18.4 Å². The van der Waals surface area contributed by atoms with Crippen molar-refractivity contribution in [1.82, 2.24) is 5.32 Å². The number of rotatable bonds is 4. The molecule has 0 heterocycles. The minimum absolute atomic E-state index is 0.00836. The first-order valence-corrected chi connectivity index (χ1v) is 7.65. The molecular weight excluding hydrogens is 253 g/mol. The Bertz CT molecular complexity index is 433. The van der Waals surface area contributed by atoms with Crippen LogP contribution in [0.25, 0.3) is 0 Å². The standard InChI is InChI=1S/C17H26FNO/c1-17(2,3)19-12-13-8-7-11-15(18)16(13)20-14-9-5-4-6-10-14/h7-8,11,14,19H,4-6,9-10,12H2,1-3H3. The number of benzene rings is 1. The quantitative estimate of drug-likeness (QED) is 0.880. The Hall–Kier alpha value is -1.09. The molecule has 1 aliphatic rings. The molecule has 0 aliphatic heterocycles. The highest BCUT2D eigenvalue weighted by atomic mass is 19.1.